The van der Waals surface area contributed by atoms with Crippen LogP contribution in [0.1, 0.15) is 30.1 Å². The minimum absolute atomic E-state index is 0.111. The number of nitrogens with one attached hydrogen (secondary N) is 1. The van der Waals surface area contributed by atoms with Crippen LogP contribution < -0.4 is 11.1 Å². The quantitative estimate of drug-likeness (QED) is 0.802. The zero-order valence-corrected chi connectivity index (χ0v) is 14.9. The number of nitrogens with two attached hydrogens (primary N) is 1. The molecule has 8 nitrogen and oxygen atoms in total. The van der Waals surface area contributed by atoms with Crippen LogP contribution in [0.5, 0.6) is 0 Å². The third-order valence-electron chi connectivity index (χ3n) is 4.66. The number of nitrogens with zero attached hydrogens (tertiary/aromatic N) is 4. The Balaban J connectivity index is 1.51. The van der Waals surface area contributed by atoms with Crippen LogP contribution in [0.2, 0.25) is 0 Å². The van der Waals surface area contributed by atoms with Gasteiger partial charge in [0.2, 0.25) is 5.91 Å². The first kappa shape index (κ1) is 17.6. The number of hydrogen-bond acceptors (Lipinski definition) is 6. The van der Waals surface area contributed by atoms with Gasteiger partial charge in [0.05, 0.1) is 17.8 Å². The summed E-state index contributed by atoms with van der Waals surface area (Å²) in [7, 11) is 0. The van der Waals surface area contributed by atoms with Gasteiger partial charge in [-0.1, -0.05) is 5.21 Å². The maximum Gasteiger partial charge on any atom is 0.251 e. The summed E-state index contributed by atoms with van der Waals surface area (Å²) in [5, 5.41) is 12.9. The number of carbonyl (C=O) groups is 2. The van der Waals surface area contributed by atoms with Gasteiger partial charge >= 0.3 is 0 Å². The molecule has 1 atom stereocenters. The van der Waals surface area contributed by atoms with E-state index in [0.717, 1.165) is 32.5 Å². The number of carbonyl (C=O) groups excluding carboxylic acids is 2. The number of anilines is 1. The first-order chi connectivity index (χ1) is 12.0. The molecule has 0 aromatic carbocycles. The van der Waals surface area contributed by atoms with E-state index in [1.807, 2.05) is 17.8 Å². The molecule has 1 fully saturated rings. The van der Waals surface area contributed by atoms with E-state index in [0.29, 0.717) is 16.5 Å². The Kier molecular flexibility index (Phi) is 5.44. The Hall–Kier alpha value is -2.26. The Morgan fingerprint density at radius 2 is 2.20 bits per heavy atom. The van der Waals surface area contributed by atoms with Gasteiger partial charge in [-0.2, -0.15) is 0 Å². The van der Waals surface area contributed by atoms with Crippen LogP contribution in [0.4, 0.5) is 5.00 Å². The van der Waals surface area contributed by atoms with E-state index in [9.17, 15) is 9.59 Å². The average molecular weight is 362 g/mol. The maximum atomic E-state index is 12.5. The molecule has 1 unspecified atom stereocenters. The molecule has 25 heavy (non-hydrogen) atoms. The summed E-state index contributed by atoms with van der Waals surface area (Å²) >= 11 is 1.31. The van der Waals surface area contributed by atoms with E-state index in [2.05, 4.69) is 20.5 Å². The zero-order chi connectivity index (χ0) is 17.8. The molecule has 134 valence electrons. The predicted octanol–water partition coefficient (Wildman–Crippen LogP) is 1.18. The molecule has 0 radical (unpaired) electrons. The highest BCUT2D eigenvalue weighted by Gasteiger charge is 2.27. The molecular weight excluding hydrogens is 340 g/mol. The van der Waals surface area contributed by atoms with Crippen molar-refractivity contribution in [3.8, 4) is 0 Å². The van der Waals surface area contributed by atoms with Crippen molar-refractivity contribution in [2.24, 2.45) is 11.7 Å². The zero-order valence-electron chi connectivity index (χ0n) is 14.1. The standard InChI is InChI=1S/C16H22N6O2S/c1-11(15(24)19-16-13(14(17)23)4-9-25-16)21-6-2-12(3-7-21)10-22-8-5-18-20-22/h4-5,8-9,11-12H,2-3,6-7,10H2,1H3,(H2,17,23)(H,19,24). The highest BCUT2D eigenvalue weighted by atomic mass is 32.1. The van der Waals surface area contributed by atoms with Gasteiger partial charge in [0, 0.05) is 12.7 Å². The highest BCUT2D eigenvalue weighted by molar-refractivity contribution is 7.14. The van der Waals surface area contributed by atoms with Crippen molar-refractivity contribution in [3.63, 3.8) is 0 Å². The Labute approximate surface area is 150 Å². The highest BCUT2D eigenvalue weighted by Crippen LogP contribution is 2.24. The average Bonchev–Trinajstić information content (AvgIpc) is 3.26. The van der Waals surface area contributed by atoms with Crippen molar-refractivity contribution >= 4 is 28.2 Å². The molecular formula is C16H22N6O2S. The Bertz CT molecular complexity index is 721. The number of aromatic nitrogens is 3. The molecule has 0 bridgehead atoms. The van der Waals surface area contributed by atoms with Gasteiger partial charge in [-0.15, -0.1) is 16.4 Å². The summed E-state index contributed by atoms with van der Waals surface area (Å²) in [4.78, 5) is 26.0. The first-order valence-electron chi connectivity index (χ1n) is 8.31. The van der Waals surface area contributed by atoms with Crippen LogP contribution in [0.25, 0.3) is 0 Å². The summed E-state index contributed by atoms with van der Waals surface area (Å²) < 4.78 is 1.86. The van der Waals surface area contributed by atoms with Gasteiger partial charge in [-0.25, -0.2) is 0 Å². The lowest BCUT2D eigenvalue weighted by atomic mass is 9.96. The molecule has 2 aromatic heterocycles. The van der Waals surface area contributed by atoms with Crippen molar-refractivity contribution in [2.45, 2.75) is 32.4 Å². The van der Waals surface area contributed by atoms with Crippen LogP contribution >= 0.6 is 11.3 Å². The summed E-state index contributed by atoms with van der Waals surface area (Å²) in [5.74, 6) is -0.0928. The lowest BCUT2D eigenvalue weighted by molar-refractivity contribution is -0.121. The van der Waals surface area contributed by atoms with Crippen molar-refractivity contribution in [1.82, 2.24) is 19.9 Å². The largest absolute Gasteiger partial charge is 0.366 e. The SMILES string of the molecule is CC(C(=O)Nc1sccc1C(N)=O)N1CCC(Cn2ccnn2)CC1. The molecule has 1 aliphatic rings. The van der Waals surface area contributed by atoms with Gasteiger partial charge in [0.1, 0.15) is 5.00 Å². The van der Waals surface area contributed by atoms with Crippen LogP contribution in [0, 0.1) is 5.92 Å². The van der Waals surface area contributed by atoms with Crippen molar-refractivity contribution in [3.05, 3.63) is 29.4 Å². The van der Waals surface area contributed by atoms with Crippen LogP contribution in [-0.2, 0) is 11.3 Å². The number of rotatable bonds is 6. The lowest BCUT2D eigenvalue weighted by Gasteiger charge is -2.35. The van der Waals surface area contributed by atoms with Gasteiger partial charge < -0.3 is 11.1 Å². The number of hydrogen-bond donors (Lipinski definition) is 2. The van der Waals surface area contributed by atoms with Gasteiger partial charge in [0.15, 0.2) is 0 Å². The summed E-state index contributed by atoms with van der Waals surface area (Å²) in [6, 6.07) is 1.37. The fraction of sp³-hybridized carbons (Fsp3) is 0.500. The fourth-order valence-corrected chi connectivity index (χ4v) is 3.90. The predicted molar refractivity (Wildman–Crippen MR) is 95.2 cm³/mol. The summed E-state index contributed by atoms with van der Waals surface area (Å²) in [6.07, 6.45) is 5.60. The van der Waals surface area contributed by atoms with E-state index in [1.54, 1.807) is 17.6 Å². The summed E-state index contributed by atoms with van der Waals surface area (Å²) in [5.41, 5.74) is 5.68. The Morgan fingerprint density at radius 3 is 2.84 bits per heavy atom. The third-order valence-corrected chi connectivity index (χ3v) is 5.49. The van der Waals surface area contributed by atoms with E-state index < -0.39 is 5.91 Å². The molecule has 0 saturated carbocycles. The number of piperidine rings is 1. The molecule has 2 amide bonds. The minimum Gasteiger partial charge on any atom is -0.366 e. The van der Waals surface area contributed by atoms with Crippen molar-refractivity contribution < 1.29 is 9.59 Å². The number of likely N-dealkylation sites (tertiary alicyclic amines) is 1. The molecule has 3 N–H and O–H groups in total. The number of amides is 2. The minimum atomic E-state index is -0.530. The second-order valence-corrected chi connectivity index (χ2v) is 7.21. The van der Waals surface area contributed by atoms with E-state index in [-0.39, 0.29) is 11.9 Å². The maximum absolute atomic E-state index is 12.5. The Morgan fingerprint density at radius 1 is 1.44 bits per heavy atom. The summed E-state index contributed by atoms with van der Waals surface area (Å²) in [6.45, 7) is 4.48. The molecule has 1 aliphatic heterocycles. The van der Waals surface area contributed by atoms with Crippen LogP contribution in [0.3, 0.4) is 0 Å². The topological polar surface area (TPSA) is 106 Å². The normalized spacial score (nSPS) is 17.3. The smallest absolute Gasteiger partial charge is 0.251 e. The van der Waals surface area contributed by atoms with E-state index in [1.165, 1.54) is 11.3 Å². The fourth-order valence-electron chi connectivity index (χ4n) is 3.10. The third kappa shape index (κ3) is 4.23. The van der Waals surface area contributed by atoms with Gasteiger partial charge in [-0.3, -0.25) is 19.2 Å². The van der Waals surface area contributed by atoms with Gasteiger partial charge in [-0.05, 0) is 50.2 Å². The van der Waals surface area contributed by atoms with E-state index >= 15 is 0 Å². The monoisotopic (exact) mass is 362 g/mol. The molecule has 3 heterocycles. The van der Waals surface area contributed by atoms with Gasteiger partial charge in [0.25, 0.3) is 5.91 Å². The second-order valence-electron chi connectivity index (χ2n) is 6.30. The molecule has 0 spiro atoms. The molecule has 3 rings (SSSR count). The van der Waals surface area contributed by atoms with E-state index in [4.69, 9.17) is 5.73 Å². The lowest BCUT2D eigenvalue weighted by Crippen LogP contribution is -2.46. The second kappa shape index (κ2) is 7.75. The molecule has 1 saturated heterocycles. The molecule has 0 aliphatic carbocycles. The van der Waals surface area contributed by atoms with Crippen LogP contribution in [0.15, 0.2) is 23.8 Å². The number of primary amides is 1. The van der Waals surface area contributed by atoms with Crippen molar-refractivity contribution in [1.29, 1.82) is 0 Å². The molecule has 2 aromatic rings. The first-order valence-corrected chi connectivity index (χ1v) is 9.19. The number of thiophene rings is 1. The molecule has 9 heteroatoms. The van der Waals surface area contributed by atoms with Crippen molar-refractivity contribution in [2.75, 3.05) is 18.4 Å². The van der Waals surface area contributed by atoms with Crippen LogP contribution in [-0.4, -0.2) is 50.8 Å².